The Hall–Kier alpha value is -1.55. The molecule has 4 nitrogen and oxygen atoms in total. The van der Waals surface area contributed by atoms with Gasteiger partial charge in [-0.3, -0.25) is 4.79 Å². The molecule has 0 aromatic heterocycles. The third kappa shape index (κ3) is 3.46. The number of carbonyl (C=O) groups excluding carboxylic acids is 2. The number of carbonyl (C=O) groups is 2. The van der Waals surface area contributed by atoms with Crippen molar-refractivity contribution < 1.29 is 19.1 Å². The fraction of sp³-hybridized carbons (Fsp3) is 0.333. The standard InChI is InChI=1S/C12H13ClO4/c1-7(14)10-6-9(13)4-5-11(10)17-8(2)12(15)16-3/h4-6,8H,1-3H3. The molecule has 0 heterocycles. The SMILES string of the molecule is COC(=O)C(C)Oc1ccc(Cl)cc1C(C)=O. The monoisotopic (exact) mass is 256 g/mol. The van der Waals surface area contributed by atoms with Crippen molar-refractivity contribution in [2.75, 3.05) is 7.11 Å². The van der Waals surface area contributed by atoms with E-state index in [1.807, 2.05) is 0 Å². The van der Waals surface area contributed by atoms with Crippen molar-refractivity contribution in [3.63, 3.8) is 0 Å². The minimum atomic E-state index is -0.778. The number of hydrogen-bond donors (Lipinski definition) is 0. The highest BCUT2D eigenvalue weighted by atomic mass is 35.5. The molecule has 1 aromatic rings. The molecule has 5 heteroatoms. The molecular formula is C12H13ClO4. The van der Waals surface area contributed by atoms with Crippen molar-refractivity contribution in [1.82, 2.24) is 0 Å². The molecule has 0 aliphatic carbocycles. The summed E-state index contributed by atoms with van der Waals surface area (Å²) < 4.78 is 9.89. The number of halogens is 1. The molecule has 0 aliphatic rings. The Bertz CT molecular complexity index is 442. The number of rotatable bonds is 4. The molecule has 92 valence electrons. The van der Waals surface area contributed by atoms with Gasteiger partial charge in [0.15, 0.2) is 11.9 Å². The number of ether oxygens (including phenoxy) is 2. The number of ketones is 1. The lowest BCUT2D eigenvalue weighted by Gasteiger charge is -2.14. The molecule has 1 unspecified atom stereocenters. The van der Waals surface area contributed by atoms with E-state index >= 15 is 0 Å². The van der Waals surface area contributed by atoms with Gasteiger partial charge >= 0.3 is 5.97 Å². The average molecular weight is 257 g/mol. The third-order valence-corrected chi connectivity index (χ3v) is 2.39. The van der Waals surface area contributed by atoms with Crippen LogP contribution in [0.5, 0.6) is 5.75 Å². The summed E-state index contributed by atoms with van der Waals surface area (Å²) in [5, 5.41) is 0.438. The number of Topliss-reactive ketones (excluding diaryl/α,β-unsaturated/α-hetero) is 1. The van der Waals surface area contributed by atoms with Crippen LogP contribution in [0.15, 0.2) is 18.2 Å². The molecule has 1 aromatic carbocycles. The maximum atomic E-state index is 11.4. The molecule has 0 fully saturated rings. The van der Waals surface area contributed by atoms with E-state index in [-0.39, 0.29) is 5.78 Å². The van der Waals surface area contributed by atoms with Crippen molar-refractivity contribution in [3.05, 3.63) is 28.8 Å². The van der Waals surface area contributed by atoms with E-state index in [1.165, 1.54) is 20.1 Å². The second-order valence-corrected chi connectivity index (χ2v) is 3.92. The molecule has 1 atom stereocenters. The van der Waals surface area contributed by atoms with Crippen LogP contribution in [0.3, 0.4) is 0 Å². The minimum Gasteiger partial charge on any atom is -0.478 e. The lowest BCUT2D eigenvalue weighted by molar-refractivity contribution is -0.147. The van der Waals surface area contributed by atoms with E-state index in [2.05, 4.69) is 4.74 Å². The first-order valence-corrected chi connectivity index (χ1v) is 5.38. The Kier molecular flexibility index (Phi) is 4.52. The van der Waals surface area contributed by atoms with Crippen molar-refractivity contribution in [3.8, 4) is 5.75 Å². The Morgan fingerprint density at radius 3 is 2.53 bits per heavy atom. The van der Waals surface area contributed by atoms with Crippen LogP contribution in [-0.4, -0.2) is 25.0 Å². The van der Waals surface area contributed by atoms with Gasteiger partial charge in [0.1, 0.15) is 5.75 Å². The highest BCUT2D eigenvalue weighted by molar-refractivity contribution is 6.31. The zero-order chi connectivity index (χ0) is 13.0. The largest absolute Gasteiger partial charge is 0.478 e. The molecule has 0 saturated carbocycles. The summed E-state index contributed by atoms with van der Waals surface area (Å²) in [5.74, 6) is -0.367. The summed E-state index contributed by atoms with van der Waals surface area (Å²) in [6.07, 6.45) is -0.778. The van der Waals surface area contributed by atoms with Crippen LogP contribution in [0.25, 0.3) is 0 Å². The fourth-order valence-corrected chi connectivity index (χ4v) is 1.46. The van der Waals surface area contributed by atoms with Crippen LogP contribution in [0.1, 0.15) is 24.2 Å². The zero-order valence-electron chi connectivity index (χ0n) is 9.82. The van der Waals surface area contributed by atoms with Gasteiger partial charge in [-0.25, -0.2) is 4.79 Å². The molecule has 0 bridgehead atoms. The summed E-state index contributed by atoms with van der Waals surface area (Å²) >= 11 is 5.79. The van der Waals surface area contributed by atoms with Crippen molar-refractivity contribution in [2.45, 2.75) is 20.0 Å². The topological polar surface area (TPSA) is 52.6 Å². The quantitative estimate of drug-likeness (QED) is 0.613. The highest BCUT2D eigenvalue weighted by Gasteiger charge is 2.18. The molecule has 0 saturated heterocycles. The first-order valence-electron chi connectivity index (χ1n) is 5.00. The van der Waals surface area contributed by atoms with E-state index in [1.54, 1.807) is 19.1 Å². The summed E-state index contributed by atoms with van der Waals surface area (Å²) in [6.45, 7) is 2.95. The first-order chi connectivity index (χ1) is 7.95. The Labute approximate surface area is 104 Å². The Balaban J connectivity index is 2.98. The van der Waals surface area contributed by atoms with Crippen LogP contribution >= 0.6 is 11.6 Å². The van der Waals surface area contributed by atoms with Crippen molar-refractivity contribution in [2.24, 2.45) is 0 Å². The summed E-state index contributed by atoms with van der Waals surface area (Å²) in [4.78, 5) is 22.6. The molecule has 0 aliphatic heterocycles. The molecule has 0 N–H and O–H groups in total. The Morgan fingerprint density at radius 1 is 1.35 bits per heavy atom. The first kappa shape index (κ1) is 13.5. The predicted octanol–water partition coefficient (Wildman–Crippen LogP) is 2.48. The maximum absolute atomic E-state index is 11.4. The number of benzene rings is 1. The van der Waals surface area contributed by atoms with Gasteiger partial charge in [0, 0.05) is 5.02 Å². The van der Waals surface area contributed by atoms with Gasteiger partial charge in [-0.1, -0.05) is 11.6 Å². The van der Waals surface area contributed by atoms with E-state index in [0.717, 1.165) is 0 Å². The van der Waals surface area contributed by atoms with Crippen LogP contribution < -0.4 is 4.74 Å². The van der Waals surface area contributed by atoms with Crippen molar-refractivity contribution in [1.29, 1.82) is 0 Å². The number of esters is 1. The normalized spacial score (nSPS) is 11.8. The number of hydrogen-bond acceptors (Lipinski definition) is 4. The van der Waals surface area contributed by atoms with Crippen molar-refractivity contribution >= 4 is 23.4 Å². The molecule has 1 rings (SSSR count). The summed E-state index contributed by atoms with van der Waals surface area (Å²) in [6, 6.07) is 4.65. The van der Waals surface area contributed by atoms with E-state index in [0.29, 0.717) is 16.3 Å². The lowest BCUT2D eigenvalue weighted by Crippen LogP contribution is -2.25. The molecule has 0 amide bonds. The Morgan fingerprint density at radius 2 is 2.00 bits per heavy atom. The third-order valence-electron chi connectivity index (χ3n) is 2.16. The maximum Gasteiger partial charge on any atom is 0.346 e. The van der Waals surface area contributed by atoms with Gasteiger partial charge < -0.3 is 9.47 Å². The van der Waals surface area contributed by atoms with E-state index < -0.39 is 12.1 Å². The van der Waals surface area contributed by atoms with E-state index in [9.17, 15) is 9.59 Å². The van der Waals surface area contributed by atoms with Crippen LogP contribution in [-0.2, 0) is 9.53 Å². The average Bonchev–Trinajstić information content (AvgIpc) is 2.29. The highest BCUT2D eigenvalue weighted by Crippen LogP contribution is 2.24. The van der Waals surface area contributed by atoms with Gasteiger partial charge in [-0.05, 0) is 32.0 Å². The fourth-order valence-electron chi connectivity index (χ4n) is 1.28. The van der Waals surface area contributed by atoms with Gasteiger partial charge in [0.05, 0.1) is 12.7 Å². The van der Waals surface area contributed by atoms with Crippen LogP contribution in [0.4, 0.5) is 0 Å². The molecule has 0 spiro atoms. The molecule has 17 heavy (non-hydrogen) atoms. The minimum absolute atomic E-state index is 0.181. The zero-order valence-corrected chi connectivity index (χ0v) is 10.6. The summed E-state index contributed by atoms with van der Waals surface area (Å²) in [5.41, 5.74) is 0.341. The van der Waals surface area contributed by atoms with Gasteiger partial charge in [0.2, 0.25) is 0 Å². The van der Waals surface area contributed by atoms with Gasteiger partial charge in [-0.2, -0.15) is 0 Å². The second-order valence-electron chi connectivity index (χ2n) is 3.48. The smallest absolute Gasteiger partial charge is 0.346 e. The van der Waals surface area contributed by atoms with Crippen LogP contribution in [0, 0.1) is 0 Å². The predicted molar refractivity (Wildman–Crippen MR) is 63.6 cm³/mol. The van der Waals surface area contributed by atoms with Gasteiger partial charge in [0.25, 0.3) is 0 Å². The number of methoxy groups -OCH3 is 1. The molecule has 0 radical (unpaired) electrons. The summed E-state index contributed by atoms with van der Waals surface area (Å²) in [7, 11) is 1.27. The van der Waals surface area contributed by atoms with Crippen LogP contribution in [0.2, 0.25) is 5.02 Å². The molecular weight excluding hydrogens is 244 g/mol. The van der Waals surface area contributed by atoms with Gasteiger partial charge in [-0.15, -0.1) is 0 Å². The lowest BCUT2D eigenvalue weighted by atomic mass is 10.1. The second kappa shape index (κ2) is 5.68. The van der Waals surface area contributed by atoms with E-state index in [4.69, 9.17) is 16.3 Å².